The van der Waals surface area contributed by atoms with Gasteiger partial charge in [0.05, 0.1) is 6.42 Å². The highest BCUT2D eigenvalue weighted by Crippen LogP contribution is 2.30. The summed E-state index contributed by atoms with van der Waals surface area (Å²) in [4.78, 5) is 35.4. The second-order valence-corrected chi connectivity index (χ2v) is 5.20. The lowest BCUT2D eigenvalue weighted by atomic mass is 10.2. The molecule has 1 aliphatic carbocycles. The third-order valence-electron chi connectivity index (χ3n) is 3.04. The molecule has 108 valence electrons. The average Bonchev–Trinajstić information content (AvgIpc) is 3.07. The summed E-state index contributed by atoms with van der Waals surface area (Å²) >= 11 is 0. The highest BCUT2D eigenvalue weighted by molar-refractivity contribution is 5.87. The number of urea groups is 1. The van der Waals surface area contributed by atoms with Gasteiger partial charge in [0, 0.05) is 12.6 Å². The Morgan fingerprint density at radius 3 is 2.32 bits per heavy atom. The summed E-state index contributed by atoms with van der Waals surface area (Å²) in [7, 11) is 0. The molecule has 19 heavy (non-hydrogen) atoms. The van der Waals surface area contributed by atoms with E-state index in [1.165, 1.54) is 0 Å². The van der Waals surface area contributed by atoms with E-state index in [1.807, 2.05) is 13.8 Å². The second kappa shape index (κ2) is 6.40. The van der Waals surface area contributed by atoms with Crippen molar-refractivity contribution in [1.82, 2.24) is 10.2 Å². The van der Waals surface area contributed by atoms with Crippen LogP contribution in [0.2, 0.25) is 0 Å². The van der Waals surface area contributed by atoms with Gasteiger partial charge in [-0.3, -0.25) is 4.79 Å². The molecule has 1 unspecified atom stereocenters. The zero-order valence-corrected chi connectivity index (χ0v) is 11.3. The number of aliphatic carboxylic acids is 1. The third-order valence-corrected chi connectivity index (χ3v) is 3.04. The summed E-state index contributed by atoms with van der Waals surface area (Å²) in [5.41, 5.74) is 4.97. The molecule has 0 aromatic heterocycles. The minimum Gasteiger partial charge on any atom is -0.480 e. The van der Waals surface area contributed by atoms with E-state index in [4.69, 9.17) is 10.8 Å². The molecule has 0 heterocycles. The van der Waals surface area contributed by atoms with Gasteiger partial charge in [-0.1, -0.05) is 0 Å². The molecule has 1 atom stereocenters. The quantitative estimate of drug-likeness (QED) is 0.611. The van der Waals surface area contributed by atoms with E-state index in [1.54, 1.807) is 4.90 Å². The van der Waals surface area contributed by atoms with Crippen molar-refractivity contribution in [2.75, 3.05) is 6.54 Å². The van der Waals surface area contributed by atoms with E-state index in [0.29, 0.717) is 12.5 Å². The molecule has 0 aromatic carbocycles. The molecule has 1 rings (SSSR count). The maximum Gasteiger partial charge on any atom is 0.326 e. The Labute approximate surface area is 112 Å². The molecule has 4 N–H and O–H groups in total. The first-order valence-corrected chi connectivity index (χ1v) is 6.39. The van der Waals surface area contributed by atoms with Crippen molar-refractivity contribution in [3.05, 3.63) is 0 Å². The van der Waals surface area contributed by atoms with E-state index < -0.39 is 30.4 Å². The van der Waals surface area contributed by atoms with Crippen LogP contribution in [0.4, 0.5) is 4.79 Å². The summed E-state index contributed by atoms with van der Waals surface area (Å²) in [5.74, 6) is -1.51. The van der Waals surface area contributed by atoms with Crippen molar-refractivity contribution in [1.29, 1.82) is 0 Å². The van der Waals surface area contributed by atoms with Gasteiger partial charge >= 0.3 is 12.0 Å². The predicted molar refractivity (Wildman–Crippen MR) is 68.3 cm³/mol. The molecule has 1 saturated carbocycles. The fourth-order valence-corrected chi connectivity index (χ4v) is 1.74. The molecule has 0 saturated heterocycles. The first-order chi connectivity index (χ1) is 8.81. The topological polar surface area (TPSA) is 113 Å². The fraction of sp³-hybridized carbons (Fsp3) is 0.750. The molecular weight excluding hydrogens is 250 g/mol. The van der Waals surface area contributed by atoms with E-state index >= 15 is 0 Å². The Bertz CT molecular complexity index is 366. The smallest absolute Gasteiger partial charge is 0.326 e. The third kappa shape index (κ3) is 5.15. The molecule has 0 aliphatic heterocycles. The minimum atomic E-state index is -1.27. The SMILES string of the molecule is CC(C)N(CC1CC1)C(=O)NC(CC(N)=O)C(=O)O. The lowest BCUT2D eigenvalue weighted by Crippen LogP contribution is -2.51. The lowest BCUT2D eigenvalue weighted by molar-refractivity contribution is -0.141. The second-order valence-electron chi connectivity index (χ2n) is 5.20. The lowest BCUT2D eigenvalue weighted by Gasteiger charge is -2.28. The fourth-order valence-electron chi connectivity index (χ4n) is 1.74. The Balaban J connectivity index is 2.61. The number of nitrogens with one attached hydrogen (secondary N) is 1. The maximum atomic E-state index is 12.0. The first-order valence-electron chi connectivity index (χ1n) is 6.39. The number of carboxylic acid groups (broad SMARTS) is 1. The van der Waals surface area contributed by atoms with Crippen LogP contribution in [0.25, 0.3) is 0 Å². The largest absolute Gasteiger partial charge is 0.480 e. The van der Waals surface area contributed by atoms with Crippen LogP contribution in [-0.2, 0) is 9.59 Å². The van der Waals surface area contributed by atoms with Gasteiger partial charge in [0.25, 0.3) is 0 Å². The predicted octanol–water partition coefficient (Wildman–Crippen LogP) is 0.145. The van der Waals surface area contributed by atoms with Gasteiger partial charge in [0.15, 0.2) is 0 Å². The summed E-state index contributed by atoms with van der Waals surface area (Å²) in [6.07, 6.45) is 1.79. The summed E-state index contributed by atoms with van der Waals surface area (Å²) < 4.78 is 0. The Hall–Kier alpha value is -1.79. The molecule has 3 amide bonds. The van der Waals surface area contributed by atoms with Crippen molar-refractivity contribution in [2.24, 2.45) is 11.7 Å². The Morgan fingerprint density at radius 1 is 1.37 bits per heavy atom. The van der Waals surface area contributed by atoms with E-state index in [-0.39, 0.29) is 6.04 Å². The van der Waals surface area contributed by atoms with Gasteiger partial charge in [-0.2, -0.15) is 0 Å². The first kappa shape index (κ1) is 15.3. The molecule has 0 bridgehead atoms. The normalized spacial score (nSPS) is 15.9. The van der Waals surface area contributed by atoms with Crippen LogP contribution in [0, 0.1) is 5.92 Å². The number of carbonyl (C=O) groups excluding carboxylic acids is 2. The Morgan fingerprint density at radius 2 is 1.95 bits per heavy atom. The number of nitrogens with zero attached hydrogens (tertiary/aromatic N) is 1. The molecule has 7 nitrogen and oxygen atoms in total. The molecule has 0 radical (unpaired) electrons. The number of primary amides is 1. The number of carbonyl (C=O) groups is 3. The van der Waals surface area contributed by atoms with Crippen molar-refractivity contribution in [3.8, 4) is 0 Å². The van der Waals surface area contributed by atoms with E-state index in [0.717, 1.165) is 12.8 Å². The molecule has 1 fully saturated rings. The molecule has 0 aromatic rings. The molecule has 1 aliphatic rings. The van der Waals surface area contributed by atoms with Crippen LogP contribution in [0.5, 0.6) is 0 Å². The zero-order chi connectivity index (χ0) is 14.6. The average molecular weight is 271 g/mol. The van der Waals surface area contributed by atoms with Crippen molar-refractivity contribution in [3.63, 3.8) is 0 Å². The monoisotopic (exact) mass is 271 g/mol. The van der Waals surface area contributed by atoms with Crippen LogP contribution in [0.15, 0.2) is 0 Å². The van der Waals surface area contributed by atoms with E-state index in [9.17, 15) is 14.4 Å². The highest BCUT2D eigenvalue weighted by atomic mass is 16.4. The van der Waals surface area contributed by atoms with Crippen LogP contribution in [0.3, 0.4) is 0 Å². The summed E-state index contributed by atoms with van der Waals surface area (Å²) in [6.45, 7) is 4.35. The number of nitrogens with two attached hydrogens (primary N) is 1. The maximum absolute atomic E-state index is 12.0. The van der Waals surface area contributed by atoms with Crippen molar-refractivity contribution < 1.29 is 19.5 Å². The van der Waals surface area contributed by atoms with Gasteiger partial charge < -0.3 is 21.1 Å². The number of amides is 3. The Kier molecular flexibility index (Phi) is 5.14. The van der Waals surface area contributed by atoms with Crippen LogP contribution >= 0.6 is 0 Å². The molecule has 7 heteroatoms. The molecular formula is C12H21N3O4. The van der Waals surface area contributed by atoms with Gasteiger partial charge in [-0.05, 0) is 32.6 Å². The minimum absolute atomic E-state index is 0.0244. The van der Waals surface area contributed by atoms with Crippen molar-refractivity contribution in [2.45, 2.75) is 45.2 Å². The van der Waals surface area contributed by atoms with Gasteiger partial charge in [0.1, 0.15) is 6.04 Å². The summed E-state index contributed by atoms with van der Waals surface area (Å²) in [6, 6.07) is -1.76. The molecule has 0 spiro atoms. The number of hydrogen-bond acceptors (Lipinski definition) is 3. The standard InChI is InChI=1S/C12H21N3O4/c1-7(2)15(6-8-3-4-8)12(19)14-9(11(17)18)5-10(13)16/h7-9H,3-6H2,1-2H3,(H2,13,16)(H,14,19)(H,17,18). The van der Waals surface area contributed by atoms with Gasteiger partial charge in [0.2, 0.25) is 5.91 Å². The number of rotatable bonds is 7. The number of carboxylic acids is 1. The highest BCUT2D eigenvalue weighted by Gasteiger charge is 2.30. The number of hydrogen-bond donors (Lipinski definition) is 3. The summed E-state index contributed by atoms with van der Waals surface area (Å²) in [5, 5.41) is 11.3. The van der Waals surface area contributed by atoms with Crippen LogP contribution < -0.4 is 11.1 Å². The van der Waals surface area contributed by atoms with Crippen molar-refractivity contribution >= 4 is 17.9 Å². The van der Waals surface area contributed by atoms with Gasteiger partial charge in [-0.15, -0.1) is 0 Å². The van der Waals surface area contributed by atoms with Gasteiger partial charge in [-0.25, -0.2) is 9.59 Å². The zero-order valence-electron chi connectivity index (χ0n) is 11.3. The van der Waals surface area contributed by atoms with Crippen LogP contribution in [-0.4, -0.2) is 46.5 Å². The van der Waals surface area contributed by atoms with Crippen LogP contribution in [0.1, 0.15) is 33.1 Å². The van der Waals surface area contributed by atoms with E-state index in [2.05, 4.69) is 5.32 Å².